The Kier molecular flexibility index (Phi) is 0. The van der Waals surface area contributed by atoms with Crippen molar-refractivity contribution in [1.82, 2.24) is 0 Å². The summed E-state index contributed by atoms with van der Waals surface area (Å²) in [6.45, 7) is 18.2. The number of hydrogen-bond donors (Lipinski definition) is 0. The molecular formula is C7H12. The molecule has 0 radical (unpaired) electrons. The van der Waals surface area contributed by atoms with Crippen LogP contribution in [0.3, 0.4) is 0 Å². The fourth-order valence-electron chi connectivity index (χ4n) is 0. The zero-order valence-corrected chi connectivity index (χ0v) is 4.74. The van der Waals surface area contributed by atoms with Crippen LogP contribution in [0, 0.1) is 0 Å². The maximum atomic E-state index is 3.12. The van der Waals surface area contributed by atoms with Gasteiger partial charge in [-0.25, -0.2) is 0 Å². The summed E-state index contributed by atoms with van der Waals surface area (Å²) < 4.78 is 0. The molecule has 0 N–H and O–H groups in total. The molecule has 0 aromatic heterocycles. The van der Waals surface area contributed by atoms with Crippen LogP contribution in [0.1, 0.15) is 0 Å². The highest BCUT2D eigenvalue weighted by Crippen LogP contribution is 1.16. The Balaban J connectivity index is -0.0000000360. The minimum atomic E-state index is 2.25. The fraction of sp³-hybridized carbons (Fsp3) is 0. The SMILES string of the molecule is C=C.C=C.C=C=C. The lowest BCUT2D eigenvalue weighted by Crippen LogP contribution is -0.844. The molecule has 0 heteroatoms. The molecule has 0 aromatic carbocycles. The topological polar surface area (TPSA) is 0 Å². The van der Waals surface area contributed by atoms with Gasteiger partial charge in [0.1, 0.15) is 0 Å². The summed E-state index contributed by atoms with van der Waals surface area (Å²) >= 11 is 0. The van der Waals surface area contributed by atoms with Gasteiger partial charge in [0.05, 0.1) is 0 Å². The lowest BCUT2D eigenvalue weighted by Gasteiger charge is -1.10. The highest BCUT2D eigenvalue weighted by atomic mass is 13.0. The molecule has 0 amide bonds. The molecule has 0 saturated heterocycles. The van der Waals surface area contributed by atoms with Crippen molar-refractivity contribution in [2.45, 2.75) is 0 Å². The van der Waals surface area contributed by atoms with Crippen molar-refractivity contribution in [3.8, 4) is 0 Å². The van der Waals surface area contributed by atoms with E-state index in [4.69, 9.17) is 0 Å². The van der Waals surface area contributed by atoms with Crippen LogP contribution in [0.4, 0.5) is 0 Å². The Morgan fingerprint density at radius 1 is 0.714 bits per heavy atom. The molecule has 40 valence electrons. The number of rotatable bonds is 0. The van der Waals surface area contributed by atoms with E-state index in [2.05, 4.69) is 45.2 Å². The summed E-state index contributed by atoms with van der Waals surface area (Å²) in [4.78, 5) is 0. The minimum Gasteiger partial charge on any atom is -0.137 e. The molecule has 0 aliphatic carbocycles. The van der Waals surface area contributed by atoms with Crippen molar-refractivity contribution >= 4 is 0 Å². The first-order valence-electron chi connectivity index (χ1n) is 1.71. The van der Waals surface area contributed by atoms with E-state index in [1.165, 1.54) is 0 Å². The van der Waals surface area contributed by atoms with Gasteiger partial charge in [0.2, 0.25) is 0 Å². The molecule has 0 spiro atoms. The first-order chi connectivity index (χ1) is 3.41. The zero-order chi connectivity index (χ0) is 6.71. The summed E-state index contributed by atoms with van der Waals surface area (Å²) in [7, 11) is 0. The Morgan fingerprint density at radius 3 is 0.714 bits per heavy atom. The van der Waals surface area contributed by atoms with E-state index in [1.807, 2.05) is 0 Å². The molecule has 0 bridgehead atoms. The molecule has 0 saturated carbocycles. The van der Waals surface area contributed by atoms with Crippen LogP contribution in [0.15, 0.2) is 45.2 Å². The molecule has 0 heterocycles. The second-order valence-electron chi connectivity index (χ2n) is 0.250. The zero-order valence-electron chi connectivity index (χ0n) is 4.74. The Bertz CT molecular complexity index is 36.0. The largest absolute Gasteiger partial charge is 0.137 e. The molecule has 0 rings (SSSR count). The molecule has 0 aromatic rings. The lowest BCUT2D eigenvalue weighted by molar-refractivity contribution is 2.51. The van der Waals surface area contributed by atoms with Crippen molar-refractivity contribution in [3.05, 3.63) is 45.2 Å². The van der Waals surface area contributed by atoms with Gasteiger partial charge in [-0.15, -0.1) is 32.0 Å². The van der Waals surface area contributed by atoms with Gasteiger partial charge in [0, 0.05) is 0 Å². The highest BCUT2D eigenvalue weighted by molar-refractivity contribution is 4.51. The standard InChI is InChI=1S/C3H4.2C2H4/c1-3-2;2*1-2/h1-2H2;2*1-2H2. The predicted octanol–water partition coefficient (Wildman–Crippen LogP) is 2.56. The van der Waals surface area contributed by atoms with E-state index in [-0.39, 0.29) is 0 Å². The average molecular weight is 96.2 g/mol. The van der Waals surface area contributed by atoms with Gasteiger partial charge in [-0.2, -0.15) is 0 Å². The van der Waals surface area contributed by atoms with Gasteiger partial charge >= 0.3 is 0 Å². The third kappa shape index (κ3) is 45.0. The van der Waals surface area contributed by atoms with E-state index in [9.17, 15) is 0 Å². The molecule has 0 atom stereocenters. The van der Waals surface area contributed by atoms with E-state index in [0.717, 1.165) is 0 Å². The van der Waals surface area contributed by atoms with E-state index in [1.54, 1.807) is 0 Å². The van der Waals surface area contributed by atoms with Crippen LogP contribution in [-0.2, 0) is 0 Å². The molecule has 7 heavy (non-hydrogen) atoms. The Morgan fingerprint density at radius 2 is 0.714 bits per heavy atom. The van der Waals surface area contributed by atoms with Gasteiger partial charge in [-0.3, -0.25) is 0 Å². The van der Waals surface area contributed by atoms with E-state index in [0.29, 0.717) is 0 Å². The molecule has 0 aliphatic rings. The summed E-state index contributed by atoms with van der Waals surface area (Å²) in [6, 6.07) is 0. The second kappa shape index (κ2) is 0. The van der Waals surface area contributed by atoms with Gasteiger partial charge in [-0.1, -0.05) is 13.2 Å². The highest BCUT2D eigenvalue weighted by Gasteiger charge is 0.904. The van der Waals surface area contributed by atoms with Crippen LogP contribution in [0.25, 0.3) is 0 Å². The molecule has 0 aliphatic heterocycles. The quantitative estimate of drug-likeness (QED) is 0.321. The smallest absolute Gasteiger partial charge is 0.0572 e. The fourth-order valence-corrected chi connectivity index (χ4v) is 0. The van der Waals surface area contributed by atoms with Gasteiger partial charge in [0.15, 0.2) is 0 Å². The maximum absolute atomic E-state index is 3.12. The summed E-state index contributed by atoms with van der Waals surface area (Å²) in [6.07, 6.45) is 0. The van der Waals surface area contributed by atoms with Crippen LogP contribution in [0.5, 0.6) is 0 Å². The summed E-state index contributed by atoms with van der Waals surface area (Å²) in [5.74, 6) is 0. The van der Waals surface area contributed by atoms with Crippen molar-refractivity contribution < 1.29 is 0 Å². The summed E-state index contributed by atoms with van der Waals surface area (Å²) in [5.41, 5.74) is 2.25. The predicted molar refractivity (Wildman–Crippen MR) is 37.3 cm³/mol. The second-order valence-corrected chi connectivity index (χ2v) is 0.250. The lowest BCUT2D eigenvalue weighted by atomic mass is 11.0. The van der Waals surface area contributed by atoms with Crippen molar-refractivity contribution in [3.63, 3.8) is 0 Å². The van der Waals surface area contributed by atoms with Crippen molar-refractivity contribution in [2.75, 3.05) is 0 Å². The third-order valence-corrected chi connectivity index (χ3v) is 0. The van der Waals surface area contributed by atoms with Crippen LogP contribution in [-0.4, -0.2) is 0 Å². The monoisotopic (exact) mass is 96.1 g/mol. The maximum Gasteiger partial charge on any atom is -0.0572 e. The Labute approximate surface area is 46.2 Å². The average Bonchev–Trinajstić information content (AvgIpc) is 1.78. The molecular weight excluding hydrogens is 84.1 g/mol. The first-order valence-corrected chi connectivity index (χ1v) is 1.71. The number of hydrogen-bond acceptors (Lipinski definition) is 0. The normalized spacial score (nSPS) is 2.29. The van der Waals surface area contributed by atoms with E-state index < -0.39 is 0 Å². The van der Waals surface area contributed by atoms with E-state index >= 15 is 0 Å². The third-order valence-electron chi connectivity index (χ3n) is 0. The van der Waals surface area contributed by atoms with Crippen molar-refractivity contribution in [2.24, 2.45) is 0 Å². The molecule has 0 nitrogen and oxygen atoms in total. The van der Waals surface area contributed by atoms with Crippen LogP contribution >= 0.6 is 0 Å². The molecule has 0 fully saturated rings. The summed E-state index contributed by atoms with van der Waals surface area (Å²) in [5, 5.41) is 0. The van der Waals surface area contributed by atoms with Crippen LogP contribution < -0.4 is 0 Å². The van der Waals surface area contributed by atoms with Gasteiger partial charge in [0.25, 0.3) is 0 Å². The van der Waals surface area contributed by atoms with Gasteiger partial charge in [-0.05, 0) is 0 Å². The Hall–Kier alpha value is -1.00. The van der Waals surface area contributed by atoms with Gasteiger partial charge < -0.3 is 0 Å². The first kappa shape index (κ1) is 16.7. The molecule has 0 unspecified atom stereocenters. The minimum absolute atomic E-state index is 2.25. The van der Waals surface area contributed by atoms with Crippen molar-refractivity contribution in [1.29, 1.82) is 0 Å². The van der Waals surface area contributed by atoms with Crippen LogP contribution in [0.2, 0.25) is 0 Å².